The molecule has 2 saturated carbocycles. The highest BCUT2D eigenvalue weighted by Crippen LogP contribution is 2.67. The van der Waals surface area contributed by atoms with E-state index in [1.165, 1.54) is 11.1 Å². The molecular weight excluding hydrogens is 396 g/mol. The van der Waals surface area contributed by atoms with Gasteiger partial charge in [0.15, 0.2) is 11.9 Å². The van der Waals surface area contributed by atoms with Crippen molar-refractivity contribution < 1.29 is 29.9 Å². The van der Waals surface area contributed by atoms with Crippen LogP contribution in [-0.4, -0.2) is 62.8 Å². The molecule has 4 aliphatic carbocycles. The van der Waals surface area contributed by atoms with Crippen molar-refractivity contribution in [2.45, 2.75) is 82.8 Å². The second kappa shape index (κ2) is 5.91. The first-order chi connectivity index (χ1) is 14.5. The molecule has 6 aliphatic rings. The number of hydrogen-bond acceptors (Lipinski definition) is 6. The first-order valence-corrected chi connectivity index (χ1v) is 11.7. The molecule has 2 saturated heterocycles. The summed E-state index contributed by atoms with van der Waals surface area (Å²) in [5.74, 6) is -0.0241. The first-order valence-electron chi connectivity index (χ1n) is 11.7. The lowest BCUT2D eigenvalue weighted by atomic mass is 9.51. The van der Waals surface area contributed by atoms with Gasteiger partial charge in [0, 0.05) is 16.7 Å². The second-order valence-electron chi connectivity index (χ2n) is 11.6. The van der Waals surface area contributed by atoms with Gasteiger partial charge in [0.05, 0.1) is 12.7 Å². The number of hydrogen-bond donors (Lipinski definition) is 4. The summed E-state index contributed by atoms with van der Waals surface area (Å²) in [5, 5.41) is 45.0. The van der Waals surface area contributed by atoms with Gasteiger partial charge in [-0.1, -0.05) is 51.5 Å². The van der Waals surface area contributed by atoms with Crippen molar-refractivity contribution >= 4 is 0 Å². The molecule has 6 nitrogen and oxygen atoms in total. The lowest BCUT2D eigenvalue weighted by Gasteiger charge is -2.56. The number of ether oxygens (including phenoxy) is 2. The average Bonchev–Trinajstić information content (AvgIpc) is 3.20. The maximum absolute atomic E-state index is 11.7. The Hall–Kier alpha value is -1.02. The normalized spacial score (nSPS) is 57.0. The zero-order valence-corrected chi connectivity index (χ0v) is 18.7. The van der Waals surface area contributed by atoms with E-state index in [9.17, 15) is 20.4 Å². The van der Waals surface area contributed by atoms with E-state index in [2.05, 4.69) is 39.8 Å². The minimum Gasteiger partial charge on any atom is -0.387 e. The summed E-state index contributed by atoms with van der Waals surface area (Å²) in [7, 11) is 0. The molecule has 2 bridgehead atoms. The van der Waals surface area contributed by atoms with Gasteiger partial charge in [-0.05, 0) is 42.2 Å². The van der Waals surface area contributed by atoms with Gasteiger partial charge in [-0.15, -0.1) is 0 Å². The fourth-order valence-corrected chi connectivity index (χ4v) is 7.89. The van der Waals surface area contributed by atoms with Gasteiger partial charge < -0.3 is 29.9 Å². The first kappa shape index (κ1) is 20.6. The van der Waals surface area contributed by atoms with Gasteiger partial charge >= 0.3 is 0 Å². The third kappa shape index (κ3) is 2.15. The van der Waals surface area contributed by atoms with Crippen molar-refractivity contribution in [3.8, 4) is 0 Å². The maximum atomic E-state index is 11.7. The number of fused-ring (bicyclic) bond motifs is 5. The number of allylic oxidation sites excluding steroid dienone is 5. The van der Waals surface area contributed by atoms with Gasteiger partial charge in [-0.25, -0.2) is 0 Å². The predicted molar refractivity (Wildman–Crippen MR) is 113 cm³/mol. The summed E-state index contributed by atoms with van der Waals surface area (Å²) in [6.07, 6.45) is 5.01. The van der Waals surface area contributed by atoms with E-state index in [-0.39, 0.29) is 23.4 Å². The zero-order valence-electron chi connectivity index (χ0n) is 18.7. The van der Waals surface area contributed by atoms with E-state index < -0.39 is 41.7 Å². The van der Waals surface area contributed by atoms with E-state index in [0.717, 1.165) is 19.3 Å². The largest absolute Gasteiger partial charge is 0.387 e. The molecule has 0 aromatic heterocycles. The smallest absolute Gasteiger partial charge is 0.190 e. The van der Waals surface area contributed by atoms with Crippen LogP contribution in [0.3, 0.4) is 0 Å². The minimum atomic E-state index is -1.94. The Labute approximate surface area is 183 Å². The summed E-state index contributed by atoms with van der Waals surface area (Å²) in [5.41, 5.74) is -0.564. The highest BCUT2D eigenvalue weighted by molar-refractivity contribution is 5.48. The molecule has 6 rings (SSSR count). The maximum Gasteiger partial charge on any atom is 0.190 e. The van der Waals surface area contributed by atoms with Crippen molar-refractivity contribution in [3.63, 3.8) is 0 Å². The summed E-state index contributed by atoms with van der Waals surface area (Å²) in [4.78, 5) is 0. The number of aliphatic hydroxyl groups is 4. The van der Waals surface area contributed by atoms with Gasteiger partial charge in [0.25, 0.3) is 0 Å². The van der Waals surface area contributed by atoms with Crippen molar-refractivity contribution in [3.05, 3.63) is 34.9 Å². The topological polar surface area (TPSA) is 99.4 Å². The molecule has 31 heavy (non-hydrogen) atoms. The Morgan fingerprint density at radius 1 is 1.13 bits per heavy atom. The summed E-state index contributed by atoms with van der Waals surface area (Å²) in [6, 6.07) is 0. The lowest BCUT2D eigenvalue weighted by Crippen LogP contribution is -2.77. The van der Waals surface area contributed by atoms with E-state index in [4.69, 9.17) is 9.47 Å². The van der Waals surface area contributed by atoms with Gasteiger partial charge in [0.1, 0.15) is 17.8 Å². The van der Waals surface area contributed by atoms with Crippen LogP contribution < -0.4 is 0 Å². The Morgan fingerprint density at radius 2 is 1.87 bits per heavy atom. The molecule has 10 atom stereocenters. The van der Waals surface area contributed by atoms with Crippen LogP contribution in [0.1, 0.15) is 47.0 Å². The van der Waals surface area contributed by atoms with Gasteiger partial charge in [-0.2, -0.15) is 0 Å². The van der Waals surface area contributed by atoms with Crippen LogP contribution in [0.5, 0.6) is 0 Å². The summed E-state index contributed by atoms with van der Waals surface area (Å²) in [6.45, 7) is 8.74. The molecule has 0 spiro atoms. The van der Waals surface area contributed by atoms with Crippen LogP contribution in [0.25, 0.3) is 0 Å². The predicted octanol–water partition coefficient (Wildman–Crippen LogP) is 1.83. The fourth-order valence-electron chi connectivity index (χ4n) is 7.89. The van der Waals surface area contributed by atoms with E-state index in [1.807, 2.05) is 6.08 Å². The number of rotatable bonds is 1. The molecule has 0 amide bonds. The van der Waals surface area contributed by atoms with Crippen molar-refractivity contribution in [1.29, 1.82) is 0 Å². The highest BCUT2D eigenvalue weighted by Gasteiger charge is 2.77. The Balaban J connectivity index is 1.55. The molecule has 2 heterocycles. The molecule has 4 N–H and O–H groups in total. The second-order valence-corrected chi connectivity index (χ2v) is 11.6. The average molecular weight is 431 g/mol. The number of aliphatic hydroxyl groups excluding tert-OH is 2. The molecule has 0 aromatic rings. The standard InChI is InChI=1S/C25H34O6/c1-12(2)13-7-8-22(3)9-10-23(4)15(16(13)22)6-5-14-17-19(23)31-21-25(17,29)20(27)24(28,11-30-21)18(14)26/h5,7-8,12,15,17-21,26-29H,6,9-11H2,1-4H3/t15-,17-,18-,19+,20+,21+,22-,23-,24+,25-/m1/s1. The fraction of sp³-hybridized carbons (Fsp3) is 0.760. The SMILES string of the molecule is CC(C)C1=C2[C@H]3CC=C4[C@@H](O)[C@@]5(O)CO[C@H]6O[C@@H]([C@@H]4[C@@]6(O)[C@H]5O)[C@]3(C)CC[C@@]2(C)C=C1. The molecule has 0 aromatic carbocycles. The van der Waals surface area contributed by atoms with Crippen molar-refractivity contribution in [1.82, 2.24) is 0 Å². The third-order valence-corrected chi connectivity index (χ3v) is 9.72. The summed E-state index contributed by atoms with van der Waals surface area (Å²) >= 11 is 0. The Kier molecular flexibility index (Phi) is 3.92. The molecular formula is C25H34O6. The zero-order chi connectivity index (χ0) is 22.1. The quantitative estimate of drug-likeness (QED) is 0.474. The van der Waals surface area contributed by atoms with Crippen molar-refractivity contribution in [2.75, 3.05) is 6.61 Å². The van der Waals surface area contributed by atoms with Crippen LogP contribution in [0, 0.1) is 28.6 Å². The monoisotopic (exact) mass is 430 g/mol. The van der Waals surface area contributed by atoms with Gasteiger partial charge in [0.2, 0.25) is 0 Å². The van der Waals surface area contributed by atoms with Crippen LogP contribution >= 0.6 is 0 Å². The van der Waals surface area contributed by atoms with Crippen LogP contribution in [0.4, 0.5) is 0 Å². The van der Waals surface area contributed by atoms with E-state index in [0.29, 0.717) is 11.5 Å². The van der Waals surface area contributed by atoms with E-state index >= 15 is 0 Å². The van der Waals surface area contributed by atoms with E-state index in [1.54, 1.807) is 0 Å². The third-order valence-electron chi connectivity index (χ3n) is 9.72. The molecule has 4 fully saturated rings. The van der Waals surface area contributed by atoms with Gasteiger partial charge in [-0.3, -0.25) is 0 Å². The molecule has 6 heteroatoms. The Bertz CT molecular complexity index is 936. The Morgan fingerprint density at radius 3 is 2.58 bits per heavy atom. The van der Waals surface area contributed by atoms with Crippen LogP contribution in [0.2, 0.25) is 0 Å². The lowest BCUT2D eigenvalue weighted by molar-refractivity contribution is -0.341. The van der Waals surface area contributed by atoms with Crippen LogP contribution in [0.15, 0.2) is 34.9 Å². The molecule has 2 aliphatic heterocycles. The van der Waals surface area contributed by atoms with Crippen LogP contribution in [-0.2, 0) is 9.47 Å². The minimum absolute atomic E-state index is 0.0124. The molecule has 0 unspecified atom stereocenters. The summed E-state index contributed by atoms with van der Waals surface area (Å²) < 4.78 is 12.2. The van der Waals surface area contributed by atoms with Crippen molar-refractivity contribution in [2.24, 2.45) is 28.6 Å². The molecule has 0 radical (unpaired) electrons. The highest BCUT2D eigenvalue weighted by atomic mass is 16.7. The molecule has 170 valence electrons.